The van der Waals surface area contributed by atoms with Crippen molar-refractivity contribution in [3.05, 3.63) is 65.9 Å². The molecule has 28 heavy (non-hydrogen) atoms. The average Bonchev–Trinajstić information content (AvgIpc) is 3.20. The van der Waals surface area contributed by atoms with Gasteiger partial charge in [0.05, 0.1) is 12.8 Å². The standard InChI is InChI=1S/C21H21N3O4/c1-26-16-6-4-15(5-7-16)17-13-22-21(23-17)24-20(25)9-3-14-2-8-18-19(12-14)28-11-10-27-18/h2-9,12-13,21-23H,10-11H2,1H3,(H,24,25)/b9-3+. The molecule has 3 N–H and O–H groups in total. The van der Waals surface area contributed by atoms with E-state index >= 15 is 0 Å². The third-order valence-corrected chi connectivity index (χ3v) is 4.38. The number of methoxy groups -OCH3 is 1. The molecule has 0 aliphatic carbocycles. The lowest BCUT2D eigenvalue weighted by Gasteiger charge is -2.18. The van der Waals surface area contributed by atoms with Crippen LogP contribution in [0.2, 0.25) is 0 Å². The number of fused-ring (bicyclic) bond motifs is 1. The molecule has 0 bridgehead atoms. The number of nitrogens with one attached hydrogen (secondary N) is 3. The van der Waals surface area contributed by atoms with Gasteiger partial charge >= 0.3 is 0 Å². The van der Waals surface area contributed by atoms with Gasteiger partial charge < -0.3 is 30.2 Å². The fraction of sp³-hybridized carbons (Fsp3) is 0.190. The van der Waals surface area contributed by atoms with Crippen LogP contribution in [-0.4, -0.2) is 32.5 Å². The number of hydrogen-bond donors (Lipinski definition) is 3. The summed E-state index contributed by atoms with van der Waals surface area (Å²) in [6.07, 6.45) is 4.67. The van der Waals surface area contributed by atoms with Gasteiger partial charge in [-0.2, -0.15) is 0 Å². The highest BCUT2D eigenvalue weighted by Crippen LogP contribution is 2.31. The Bertz CT molecular complexity index is 922. The van der Waals surface area contributed by atoms with Gasteiger partial charge in [0.25, 0.3) is 0 Å². The first-order valence-electron chi connectivity index (χ1n) is 8.97. The summed E-state index contributed by atoms with van der Waals surface area (Å²) in [7, 11) is 1.63. The highest BCUT2D eigenvalue weighted by Gasteiger charge is 2.17. The molecular weight excluding hydrogens is 358 g/mol. The van der Waals surface area contributed by atoms with Crippen LogP contribution in [0.25, 0.3) is 11.8 Å². The van der Waals surface area contributed by atoms with Gasteiger partial charge in [0.1, 0.15) is 19.0 Å². The van der Waals surface area contributed by atoms with Crippen molar-refractivity contribution in [3.8, 4) is 17.2 Å². The fourth-order valence-corrected chi connectivity index (χ4v) is 2.95. The van der Waals surface area contributed by atoms with Gasteiger partial charge in [-0.1, -0.05) is 6.07 Å². The molecule has 2 aromatic carbocycles. The lowest BCUT2D eigenvalue weighted by Crippen LogP contribution is -2.47. The largest absolute Gasteiger partial charge is 0.497 e. The zero-order valence-electron chi connectivity index (χ0n) is 15.4. The third-order valence-electron chi connectivity index (χ3n) is 4.38. The molecule has 0 radical (unpaired) electrons. The molecule has 0 fully saturated rings. The van der Waals surface area contributed by atoms with Crippen molar-refractivity contribution < 1.29 is 19.0 Å². The van der Waals surface area contributed by atoms with E-state index in [2.05, 4.69) is 16.0 Å². The number of carbonyl (C=O) groups is 1. The van der Waals surface area contributed by atoms with E-state index in [0.29, 0.717) is 19.0 Å². The maximum Gasteiger partial charge on any atom is 0.246 e. The highest BCUT2D eigenvalue weighted by atomic mass is 16.6. The first kappa shape index (κ1) is 17.8. The van der Waals surface area contributed by atoms with Gasteiger partial charge in [-0.25, -0.2) is 0 Å². The van der Waals surface area contributed by atoms with Crippen LogP contribution in [0.5, 0.6) is 17.2 Å². The van der Waals surface area contributed by atoms with Crippen LogP contribution in [0.15, 0.2) is 54.7 Å². The Kier molecular flexibility index (Phi) is 5.05. The van der Waals surface area contributed by atoms with Crippen LogP contribution in [0, 0.1) is 0 Å². The van der Waals surface area contributed by atoms with Gasteiger partial charge in [-0.05, 0) is 53.6 Å². The minimum Gasteiger partial charge on any atom is -0.497 e. The zero-order valence-corrected chi connectivity index (χ0v) is 15.4. The lowest BCUT2D eigenvalue weighted by molar-refractivity contribution is -0.117. The van der Waals surface area contributed by atoms with Crippen molar-refractivity contribution >= 4 is 17.7 Å². The molecule has 1 amide bonds. The van der Waals surface area contributed by atoms with E-state index < -0.39 is 0 Å². The summed E-state index contributed by atoms with van der Waals surface area (Å²) in [4.78, 5) is 12.2. The molecule has 2 aliphatic heterocycles. The van der Waals surface area contributed by atoms with Gasteiger partial charge in [0, 0.05) is 12.3 Å². The first-order chi connectivity index (χ1) is 13.7. The minimum absolute atomic E-state index is 0.218. The van der Waals surface area contributed by atoms with Crippen molar-refractivity contribution in [1.82, 2.24) is 16.0 Å². The monoisotopic (exact) mass is 379 g/mol. The number of rotatable bonds is 5. The van der Waals surface area contributed by atoms with Crippen LogP contribution in [0.3, 0.4) is 0 Å². The number of hydrogen-bond acceptors (Lipinski definition) is 6. The second-order valence-electron chi connectivity index (χ2n) is 6.28. The minimum atomic E-state index is -0.380. The van der Waals surface area contributed by atoms with Gasteiger partial charge in [-0.3, -0.25) is 4.79 Å². The maximum absolute atomic E-state index is 12.2. The Hall–Kier alpha value is -3.61. The van der Waals surface area contributed by atoms with Crippen molar-refractivity contribution in [2.24, 2.45) is 0 Å². The molecular formula is C21H21N3O4. The van der Waals surface area contributed by atoms with Crippen LogP contribution in [-0.2, 0) is 4.79 Å². The SMILES string of the molecule is COc1ccc(C2=CNC(NC(=O)/C=C/c3ccc4c(c3)OCCO4)N2)cc1. The normalized spacial score (nSPS) is 17.5. The summed E-state index contributed by atoms with van der Waals surface area (Å²) in [6.45, 7) is 1.09. The first-order valence-corrected chi connectivity index (χ1v) is 8.97. The highest BCUT2D eigenvalue weighted by molar-refractivity contribution is 5.92. The van der Waals surface area contributed by atoms with Crippen molar-refractivity contribution in [2.75, 3.05) is 20.3 Å². The van der Waals surface area contributed by atoms with Crippen molar-refractivity contribution in [3.63, 3.8) is 0 Å². The summed E-state index contributed by atoms with van der Waals surface area (Å²) in [5, 5.41) is 9.17. The Morgan fingerprint density at radius 2 is 1.93 bits per heavy atom. The van der Waals surface area contributed by atoms with E-state index in [9.17, 15) is 4.79 Å². The van der Waals surface area contributed by atoms with Crippen LogP contribution < -0.4 is 30.2 Å². The van der Waals surface area contributed by atoms with Crippen molar-refractivity contribution in [2.45, 2.75) is 6.29 Å². The van der Waals surface area contributed by atoms with E-state index in [4.69, 9.17) is 14.2 Å². The summed E-state index contributed by atoms with van der Waals surface area (Å²) in [6, 6.07) is 13.3. The Morgan fingerprint density at radius 1 is 1.14 bits per heavy atom. The number of carbonyl (C=O) groups excluding carboxylic acids is 1. The molecule has 2 heterocycles. The van der Waals surface area contributed by atoms with E-state index in [1.807, 2.05) is 48.7 Å². The predicted molar refractivity (Wildman–Crippen MR) is 106 cm³/mol. The molecule has 1 unspecified atom stereocenters. The topological polar surface area (TPSA) is 80.9 Å². The molecule has 0 spiro atoms. The molecule has 7 nitrogen and oxygen atoms in total. The molecule has 2 aliphatic rings. The van der Waals surface area contributed by atoms with Crippen molar-refractivity contribution in [1.29, 1.82) is 0 Å². The summed E-state index contributed by atoms with van der Waals surface area (Å²) in [5.41, 5.74) is 2.75. The second-order valence-corrected chi connectivity index (χ2v) is 6.28. The molecule has 0 saturated carbocycles. The van der Waals surface area contributed by atoms with E-state index in [1.165, 1.54) is 6.08 Å². The molecule has 7 heteroatoms. The second kappa shape index (κ2) is 7.96. The molecule has 1 atom stereocenters. The average molecular weight is 379 g/mol. The van der Waals surface area contributed by atoms with Crippen LogP contribution in [0.1, 0.15) is 11.1 Å². The molecule has 0 aromatic heterocycles. The molecule has 4 rings (SSSR count). The number of ether oxygens (including phenoxy) is 3. The van der Waals surface area contributed by atoms with E-state index in [-0.39, 0.29) is 12.2 Å². The Balaban J connectivity index is 1.31. The summed E-state index contributed by atoms with van der Waals surface area (Å²) >= 11 is 0. The maximum atomic E-state index is 12.2. The van der Waals surface area contributed by atoms with Gasteiger partial charge in [-0.15, -0.1) is 0 Å². The zero-order chi connectivity index (χ0) is 19.3. The smallest absolute Gasteiger partial charge is 0.246 e. The molecule has 0 saturated heterocycles. The quantitative estimate of drug-likeness (QED) is 0.690. The van der Waals surface area contributed by atoms with E-state index in [1.54, 1.807) is 13.2 Å². The summed E-state index contributed by atoms with van der Waals surface area (Å²) < 4.78 is 16.2. The predicted octanol–water partition coefficient (Wildman–Crippen LogP) is 2.07. The molecule has 144 valence electrons. The number of benzene rings is 2. The lowest BCUT2D eigenvalue weighted by atomic mass is 10.1. The molecule has 2 aromatic rings. The van der Waals surface area contributed by atoms with Gasteiger partial charge in [0.15, 0.2) is 17.8 Å². The van der Waals surface area contributed by atoms with Crippen LogP contribution in [0.4, 0.5) is 0 Å². The number of amides is 1. The fourth-order valence-electron chi connectivity index (χ4n) is 2.95. The van der Waals surface area contributed by atoms with Crippen LogP contribution >= 0.6 is 0 Å². The Labute approximate surface area is 163 Å². The third kappa shape index (κ3) is 4.03. The van der Waals surface area contributed by atoms with Gasteiger partial charge in [0.2, 0.25) is 5.91 Å². The summed E-state index contributed by atoms with van der Waals surface area (Å²) in [5.74, 6) is 2.00. The Morgan fingerprint density at radius 3 is 2.71 bits per heavy atom. The van der Waals surface area contributed by atoms with E-state index in [0.717, 1.165) is 28.3 Å².